The minimum absolute atomic E-state index is 0.117. The van der Waals surface area contributed by atoms with Crippen LogP contribution in [0.4, 0.5) is 4.39 Å². The molecule has 1 aliphatic rings. The lowest BCUT2D eigenvalue weighted by atomic mass is 9.93. The van der Waals surface area contributed by atoms with Crippen LogP contribution in [0.3, 0.4) is 0 Å². The van der Waals surface area contributed by atoms with Crippen molar-refractivity contribution in [2.75, 3.05) is 40.5 Å². The molecule has 1 heterocycles. The number of hydrogen-bond donors (Lipinski definition) is 0. The zero-order chi connectivity index (χ0) is 29.4. The van der Waals surface area contributed by atoms with Crippen LogP contribution in [0.2, 0.25) is 0 Å². The summed E-state index contributed by atoms with van der Waals surface area (Å²) in [6.45, 7) is 4.16. The van der Waals surface area contributed by atoms with Gasteiger partial charge in [0, 0.05) is 24.2 Å². The monoisotopic (exact) mass is 579 g/mol. The average Bonchev–Trinajstić information content (AvgIpc) is 2.97. The average molecular weight is 580 g/mol. The third-order valence-corrected chi connectivity index (χ3v) is 9.14. The summed E-state index contributed by atoms with van der Waals surface area (Å²) in [5, 5.41) is 0. The van der Waals surface area contributed by atoms with E-state index in [2.05, 4.69) is 0 Å². The van der Waals surface area contributed by atoms with Gasteiger partial charge in [-0.2, -0.15) is 0 Å². The summed E-state index contributed by atoms with van der Waals surface area (Å²) in [5.74, 6) is -0.00339. The van der Waals surface area contributed by atoms with Crippen LogP contribution in [0.1, 0.15) is 36.3 Å². The van der Waals surface area contributed by atoms with E-state index in [9.17, 15) is 13.8 Å². The molecular weight excluding hydrogens is 544 g/mol. The number of ketones is 1. The molecule has 4 rings (SSSR count). The van der Waals surface area contributed by atoms with Crippen molar-refractivity contribution in [1.29, 1.82) is 0 Å². The molecule has 41 heavy (non-hydrogen) atoms. The summed E-state index contributed by atoms with van der Waals surface area (Å²) in [4.78, 5) is 15.7. The van der Waals surface area contributed by atoms with Gasteiger partial charge in [0.25, 0.3) is 0 Å². The van der Waals surface area contributed by atoms with Gasteiger partial charge in [0.05, 0.1) is 27.4 Å². The number of carbonyl (C=O) groups is 1. The lowest BCUT2D eigenvalue weighted by Crippen LogP contribution is -2.40. The first-order valence-corrected chi connectivity index (χ1v) is 15.0. The zero-order valence-electron chi connectivity index (χ0n) is 23.7. The molecule has 3 aromatic rings. The number of benzene rings is 3. The van der Waals surface area contributed by atoms with Crippen LogP contribution >= 0.6 is 7.60 Å². The van der Waals surface area contributed by atoms with Crippen molar-refractivity contribution in [3.8, 4) is 11.5 Å². The fourth-order valence-electron chi connectivity index (χ4n) is 4.81. The molecule has 0 aromatic heterocycles. The summed E-state index contributed by atoms with van der Waals surface area (Å²) < 4.78 is 50.4. The normalized spacial score (nSPS) is 17.1. The Labute approximate surface area is 240 Å². The van der Waals surface area contributed by atoms with Gasteiger partial charge in [-0.15, -0.1) is 0 Å². The molecule has 0 bridgehead atoms. The number of carbonyl (C=O) groups excluding carboxylic acids is 1. The number of likely N-dealkylation sites (tertiary alicyclic amines) is 1. The molecule has 0 radical (unpaired) electrons. The Bertz CT molecular complexity index is 1360. The highest BCUT2D eigenvalue weighted by Crippen LogP contribution is 2.62. The van der Waals surface area contributed by atoms with Crippen LogP contribution in [0.5, 0.6) is 11.5 Å². The SMILES string of the molecule is CCOP(=O)(OCC)C(c1ccc(F)cc1)N1C/C(=C\c2ccc(OC)cc2)C(=O)/C(=C/c2ccc(OC)cc2)C1. The van der Waals surface area contributed by atoms with Gasteiger partial charge in [-0.25, -0.2) is 4.39 Å². The first-order chi connectivity index (χ1) is 19.8. The Morgan fingerprint density at radius 2 is 1.22 bits per heavy atom. The second kappa shape index (κ2) is 13.9. The summed E-state index contributed by atoms with van der Waals surface area (Å²) in [6, 6.07) is 20.6. The fraction of sp³-hybridized carbons (Fsp3) is 0.281. The van der Waals surface area contributed by atoms with Gasteiger partial charge in [0.1, 0.15) is 23.1 Å². The van der Waals surface area contributed by atoms with Crippen LogP contribution in [-0.2, 0) is 18.4 Å². The van der Waals surface area contributed by atoms with Crippen LogP contribution in [0, 0.1) is 5.82 Å². The van der Waals surface area contributed by atoms with E-state index >= 15 is 0 Å². The molecule has 1 aliphatic heterocycles. The van der Waals surface area contributed by atoms with E-state index < -0.39 is 19.2 Å². The summed E-state index contributed by atoms with van der Waals surface area (Å²) in [6.07, 6.45) is 3.65. The van der Waals surface area contributed by atoms with Crippen molar-refractivity contribution in [2.24, 2.45) is 0 Å². The maximum atomic E-state index is 14.3. The van der Waals surface area contributed by atoms with E-state index in [1.165, 1.54) is 12.1 Å². The van der Waals surface area contributed by atoms with Gasteiger partial charge >= 0.3 is 7.60 Å². The molecule has 7 nitrogen and oxygen atoms in total. The lowest BCUT2D eigenvalue weighted by Gasteiger charge is -2.39. The van der Waals surface area contributed by atoms with E-state index in [0.717, 1.165) is 11.1 Å². The van der Waals surface area contributed by atoms with Crippen LogP contribution < -0.4 is 9.47 Å². The molecule has 1 fully saturated rings. The number of Topliss-reactive ketones (excluding diaryl/α,β-unsaturated/α-hetero) is 1. The third kappa shape index (κ3) is 7.40. The first kappa shape index (κ1) is 30.4. The molecule has 1 atom stereocenters. The number of rotatable bonds is 11. The summed E-state index contributed by atoms with van der Waals surface area (Å²) in [5.41, 5.74) is 3.21. The molecule has 0 N–H and O–H groups in total. The Morgan fingerprint density at radius 3 is 1.61 bits per heavy atom. The predicted molar refractivity (Wildman–Crippen MR) is 159 cm³/mol. The summed E-state index contributed by atoms with van der Waals surface area (Å²) >= 11 is 0. The Kier molecular flexibility index (Phi) is 10.3. The topological polar surface area (TPSA) is 74.3 Å². The maximum Gasteiger partial charge on any atom is 0.352 e. The second-order valence-corrected chi connectivity index (χ2v) is 11.5. The highest BCUT2D eigenvalue weighted by Gasteiger charge is 2.44. The molecular formula is C32H35FNO6P. The van der Waals surface area contributed by atoms with Crippen molar-refractivity contribution < 1.29 is 32.3 Å². The Morgan fingerprint density at radius 1 is 0.780 bits per heavy atom. The minimum atomic E-state index is -3.79. The summed E-state index contributed by atoms with van der Waals surface area (Å²) in [7, 11) is -0.601. The van der Waals surface area contributed by atoms with Crippen molar-refractivity contribution in [3.63, 3.8) is 0 Å². The number of halogens is 1. The molecule has 216 valence electrons. The molecule has 1 unspecified atom stereocenters. The zero-order valence-corrected chi connectivity index (χ0v) is 24.6. The van der Waals surface area contributed by atoms with Gasteiger partial charge < -0.3 is 18.5 Å². The Hall–Kier alpha value is -3.55. The van der Waals surface area contributed by atoms with Crippen LogP contribution in [0.25, 0.3) is 12.2 Å². The fourth-order valence-corrected chi connectivity index (χ4v) is 6.99. The van der Waals surface area contributed by atoms with E-state index in [0.29, 0.717) is 28.2 Å². The van der Waals surface area contributed by atoms with E-state index in [1.54, 1.807) is 40.2 Å². The number of piperidine rings is 1. The molecule has 0 saturated carbocycles. The number of nitrogens with zero attached hydrogens (tertiary/aromatic N) is 1. The maximum absolute atomic E-state index is 14.3. The standard InChI is InChI=1S/C32H35FNO6P/c1-5-39-41(36,40-6-2)32(25-11-13-28(33)14-12-25)34-21-26(19-23-7-15-29(37-3)16-8-23)31(35)27(22-34)20-24-9-17-30(38-4)18-10-24/h7-20,32H,5-6,21-22H2,1-4H3/b26-19+,27-20+. The lowest BCUT2D eigenvalue weighted by molar-refractivity contribution is -0.113. The van der Waals surface area contributed by atoms with Gasteiger partial charge in [0.15, 0.2) is 5.78 Å². The van der Waals surface area contributed by atoms with Gasteiger partial charge in [0.2, 0.25) is 0 Å². The van der Waals surface area contributed by atoms with Gasteiger partial charge in [-0.05, 0) is 79.1 Å². The Balaban J connectivity index is 1.84. The molecule has 0 spiro atoms. The largest absolute Gasteiger partial charge is 0.497 e. The molecule has 0 amide bonds. The van der Waals surface area contributed by atoms with E-state index in [1.807, 2.05) is 65.6 Å². The molecule has 3 aromatic carbocycles. The van der Waals surface area contributed by atoms with Gasteiger partial charge in [-0.1, -0.05) is 36.4 Å². The minimum Gasteiger partial charge on any atom is -0.497 e. The third-order valence-electron chi connectivity index (χ3n) is 6.68. The van der Waals surface area contributed by atoms with Crippen molar-refractivity contribution >= 4 is 25.5 Å². The van der Waals surface area contributed by atoms with E-state index in [4.69, 9.17) is 18.5 Å². The predicted octanol–water partition coefficient (Wildman–Crippen LogP) is 7.16. The molecule has 1 saturated heterocycles. The quantitative estimate of drug-likeness (QED) is 0.176. The number of hydrogen-bond acceptors (Lipinski definition) is 7. The van der Waals surface area contributed by atoms with Crippen LogP contribution in [0.15, 0.2) is 83.9 Å². The molecule has 9 heteroatoms. The smallest absolute Gasteiger partial charge is 0.352 e. The second-order valence-electron chi connectivity index (χ2n) is 9.42. The van der Waals surface area contributed by atoms with Crippen LogP contribution in [-0.4, -0.2) is 51.2 Å². The van der Waals surface area contributed by atoms with Crippen molar-refractivity contribution in [3.05, 3.63) is 106 Å². The van der Waals surface area contributed by atoms with Gasteiger partial charge in [-0.3, -0.25) is 14.3 Å². The van der Waals surface area contributed by atoms with Crippen molar-refractivity contribution in [1.82, 2.24) is 4.90 Å². The number of methoxy groups -OCH3 is 2. The molecule has 0 aliphatic carbocycles. The number of ether oxygens (including phenoxy) is 2. The highest BCUT2D eigenvalue weighted by molar-refractivity contribution is 7.54. The van der Waals surface area contributed by atoms with Crippen molar-refractivity contribution in [2.45, 2.75) is 19.6 Å². The van der Waals surface area contributed by atoms with E-state index in [-0.39, 0.29) is 32.1 Å². The highest BCUT2D eigenvalue weighted by atomic mass is 31.2. The first-order valence-electron chi connectivity index (χ1n) is 13.4.